The summed E-state index contributed by atoms with van der Waals surface area (Å²) in [6.07, 6.45) is 0. The maximum Gasteiger partial charge on any atom is 0.251 e. The molecule has 122 valence electrons. The van der Waals surface area contributed by atoms with Crippen molar-refractivity contribution in [2.45, 2.75) is 13.8 Å². The summed E-state index contributed by atoms with van der Waals surface area (Å²) in [7, 11) is 0. The summed E-state index contributed by atoms with van der Waals surface area (Å²) in [5, 5.41) is 5.13. The molecule has 0 heterocycles. The van der Waals surface area contributed by atoms with Crippen LogP contribution < -0.4 is 10.1 Å². The Morgan fingerprint density at radius 3 is 2.58 bits per heavy atom. The first kappa shape index (κ1) is 16.1. The first-order valence-corrected chi connectivity index (χ1v) is 8.11. The highest BCUT2D eigenvalue weighted by Crippen LogP contribution is 2.24. The molecule has 1 N–H and O–H groups in total. The van der Waals surface area contributed by atoms with Gasteiger partial charge in [-0.25, -0.2) is 0 Å². The maximum absolute atomic E-state index is 12.2. The zero-order valence-electron chi connectivity index (χ0n) is 14.0. The van der Waals surface area contributed by atoms with Gasteiger partial charge in [0.1, 0.15) is 12.4 Å². The number of ether oxygens (including phenoxy) is 1. The third-order valence-electron chi connectivity index (χ3n) is 4.16. The first-order valence-electron chi connectivity index (χ1n) is 8.11. The Morgan fingerprint density at radius 1 is 0.958 bits per heavy atom. The quantitative estimate of drug-likeness (QED) is 0.713. The molecule has 0 aromatic heterocycles. The molecule has 3 nitrogen and oxygen atoms in total. The number of aryl methyl sites for hydroxylation is 2. The van der Waals surface area contributed by atoms with Crippen molar-refractivity contribution in [1.82, 2.24) is 5.32 Å². The lowest BCUT2D eigenvalue weighted by atomic mass is 10.1. The Kier molecular flexibility index (Phi) is 4.80. The fourth-order valence-corrected chi connectivity index (χ4v) is 2.63. The molecule has 0 aliphatic carbocycles. The van der Waals surface area contributed by atoms with Crippen LogP contribution in [0.3, 0.4) is 0 Å². The summed E-state index contributed by atoms with van der Waals surface area (Å²) in [4.78, 5) is 12.2. The third kappa shape index (κ3) is 3.57. The van der Waals surface area contributed by atoms with Crippen LogP contribution in [-0.2, 0) is 0 Å². The SMILES string of the molecule is Cc1ccc(C(=O)NCCOc2cccc3ccccc23)cc1C. The van der Waals surface area contributed by atoms with Crippen molar-refractivity contribution in [3.05, 3.63) is 77.4 Å². The van der Waals surface area contributed by atoms with E-state index in [4.69, 9.17) is 4.74 Å². The third-order valence-corrected chi connectivity index (χ3v) is 4.16. The molecule has 1 amide bonds. The van der Waals surface area contributed by atoms with Crippen molar-refractivity contribution < 1.29 is 9.53 Å². The molecule has 3 heteroatoms. The number of carbonyl (C=O) groups is 1. The minimum atomic E-state index is -0.0698. The van der Waals surface area contributed by atoms with Crippen LogP contribution in [0.15, 0.2) is 60.7 Å². The van der Waals surface area contributed by atoms with Crippen LogP contribution in [0.25, 0.3) is 10.8 Å². The summed E-state index contributed by atoms with van der Waals surface area (Å²) in [6, 6.07) is 19.8. The fraction of sp³-hybridized carbons (Fsp3) is 0.190. The lowest BCUT2D eigenvalue weighted by Gasteiger charge is -2.10. The van der Waals surface area contributed by atoms with E-state index in [1.54, 1.807) is 0 Å². The zero-order chi connectivity index (χ0) is 16.9. The zero-order valence-corrected chi connectivity index (χ0v) is 14.0. The van der Waals surface area contributed by atoms with Gasteiger partial charge in [0.15, 0.2) is 0 Å². The van der Waals surface area contributed by atoms with E-state index in [1.807, 2.05) is 62.4 Å². The van der Waals surface area contributed by atoms with E-state index in [-0.39, 0.29) is 5.91 Å². The van der Waals surface area contributed by atoms with Gasteiger partial charge in [-0.2, -0.15) is 0 Å². The highest BCUT2D eigenvalue weighted by molar-refractivity contribution is 5.94. The number of amides is 1. The van der Waals surface area contributed by atoms with Crippen molar-refractivity contribution in [3.8, 4) is 5.75 Å². The van der Waals surface area contributed by atoms with Gasteiger partial charge in [-0.1, -0.05) is 42.5 Å². The van der Waals surface area contributed by atoms with Gasteiger partial charge >= 0.3 is 0 Å². The van der Waals surface area contributed by atoms with Crippen molar-refractivity contribution in [2.75, 3.05) is 13.2 Å². The Morgan fingerprint density at radius 2 is 1.75 bits per heavy atom. The van der Waals surface area contributed by atoms with Gasteiger partial charge in [-0.3, -0.25) is 4.79 Å². The molecule has 0 bridgehead atoms. The maximum atomic E-state index is 12.2. The average molecular weight is 319 g/mol. The molecule has 3 aromatic carbocycles. The van der Waals surface area contributed by atoms with Gasteiger partial charge < -0.3 is 10.1 Å². The van der Waals surface area contributed by atoms with E-state index < -0.39 is 0 Å². The molecule has 0 spiro atoms. The predicted molar refractivity (Wildman–Crippen MR) is 97.7 cm³/mol. The number of rotatable bonds is 5. The van der Waals surface area contributed by atoms with E-state index in [0.29, 0.717) is 18.7 Å². The molecular weight excluding hydrogens is 298 g/mol. The van der Waals surface area contributed by atoms with Crippen molar-refractivity contribution in [2.24, 2.45) is 0 Å². The summed E-state index contributed by atoms with van der Waals surface area (Å²) < 4.78 is 5.83. The smallest absolute Gasteiger partial charge is 0.251 e. The fourth-order valence-electron chi connectivity index (χ4n) is 2.63. The molecule has 0 aliphatic rings. The van der Waals surface area contributed by atoms with Gasteiger partial charge in [-0.15, -0.1) is 0 Å². The average Bonchev–Trinajstić information content (AvgIpc) is 2.61. The van der Waals surface area contributed by atoms with Gasteiger partial charge in [0, 0.05) is 10.9 Å². The van der Waals surface area contributed by atoms with Gasteiger partial charge in [0.25, 0.3) is 5.91 Å². The van der Waals surface area contributed by atoms with Crippen LogP contribution in [0.2, 0.25) is 0 Å². The molecule has 0 saturated carbocycles. The van der Waals surface area contributed by atoms with E-state index in [0.717, 1.165) is 22.1 Å². The summed E-state index contributed by atoms with van der Waals surface area (Å²) in [5.41, 5.74) is 2.99. The highest BCUT2D eigenvalue weighted by atomic mass is 16.5. The van der Waals surface area contributed by atoms with Crippen LogP contribution in [0.1, 0.15) is 21.5 Å². The Bertz CT molecular complexity index is 865. The lowest BCUT2D eigenvalue weighted by molar-refractivity contribution is 0.0947. The van der Waals surface area contributed by atoms with E-state index in [1.165, 1.54) is 5.56 Å². The van der Waals surface area contributed by atoms with E-state index in [2.05, 4.69) is 17.4 Å². The van der Waals surface area contributed by atoms with Crippen LogP contribution in [0.5, 0.6) is 5.75 Å². The van der Waals surface area contributed by atoms with Gasteiger partial charge in [-0.05, 0) is 48.6 Å². The highest BCUT2D eigenvalue weighted by Gasteiger charge is 2.06. The minimum absolute atomic E-state index is 0.0698. The Balaban J connectivity index is 1.56. The number of hydrogen-bond acceptors (Lipinski definition) is 2. The number of hydrogen-bond donors (Lipinski definition) is 1. The van der Waals surface area contributed by atoms with Crippen molar-refractivity contribution >= 4 is 16.7 Å². The van der Waals surface area contributed by atoms with Crippen LogP contribution in [-0.4, -0.2) is 19.1 Å². The molecular formula is C21H21NO2. The van der Waals surface area contributed by atoms with Crippen LogP contribution >= 0.6 is 0 Å². The Labute approximate surface area is 142 Å². The minimum Gasteiger partial charge on any atom is -0.491 e. The van der Waals surface area contributed by atoms with E-state index >= 15 is 0 Å². The Hall–Kier alpha value is -2.81. The summed E-state index contributed by atoms with van der Waals surface area (Å²) in [5.74, 6) is 0.771. The molecule has 0 saturated heterocycles. The number of carbonyl (C=O) groups excluding carboxylic acids is 1. The molecule has 0 aliphatic heterocycles. The second kappa shape index (κ2) is 7.18. The molecule has 0 atom stereocenters. The summed E-state index contributed by atoms with van der Waals surface area (Å²) >= 11 is 0. The lowest BCUT2D eigenvalue weighted by Crippen LogP contribution is -2.28. The molecule has 3 aromatic rings. The molecule has 3 rings (SSSR count). The number of benzene rings is 3. The van der Waals surface area contributed by atoms with Gasteiger partial charge in [0.2, 0.25) is 0 Å². The number of nitrogens with one attached hydrogen (secondary N) is 1. The second-order valence-electron chi connectivity index (χ2n) is 5.88. The monoisotopic (exact) mass is 319 g/mol. The standard InChI is InChI=1S/C21H21NO2/c1-15-10-11-18(14-16(15)2)21(23)22-12-13-24-20-9-5-7-17-6-3-4-8-19(17)20/h3-11,14H,12-13H2,1-2H3,(H,22,23). The molecule has 0 unspecified atom stereocenters. The largest absolute Gasteiger partial charge is 0.491 e. The molecule has 0 fully saturated rings. The van der Waals surface area contributed by atoms with Crippen LogP contribution in [0, 0.1) is 13.8 Å². The second-order valence-corrected chi connectivity index (χ2v) is 5.88. The normalized spacial score (nSPS) is 10.6. The first-order chi connectivity index (χ1) is 11.6. The molecule has 24 heavy (non-hydrogen) atoms. The predicted octanol–water partition coefficient (Wildman–Crippen LogP) is 4.27. The molecule has 0 radical (unpaired) electrons. The number of fused-ring (bicyclic) bond motifs is 1. The van der Waals surface area contributed by atoms with Crippen LogP contribution in [0.4, 0.5) is 0 Å². The van der Waals surface area contributed by atoms with Gasteiger partial charge in [0.05, 0.1) is 6.54 Å². The van der Waals surface area contributed by atoms with Crippen molar-refractivity contribution in [1.29, 1.82) is 0 Å². The topological polar surface area (TPSA) is 38.3 Å². The van der Waals surface area contributed by atoms with E-state index in [9.17, 15) is 4.79 Å². The van der Waals surface area contributed by atoms with Crippen molar-refractivity contribution in [3.63, 3.8) is 0 Å². The summed E-state index contributed by atoms with van der Waals surface area (Å²) in [6.45, 7) is 4.95.